The van der Waals surface area contributed by atoms with Crippen molar-refractivity contribution in [1.82, 2.24) is 0 Å². The molecule has 0 radical (unpaired) electrons. The van der Waals surface area contributed by atoms with Crippen LogP contribution in [-0.2, 0) is 18.0 Å². The first kappa shape index (κ1) is 13.3. The van der Waals surface area contributed by atoms with Crippen molar-refractivity contribution in [2.45, 2.75) is 18.2 Å². The lowest BCUT2D eigenvalue weighted by atomic mass is 10.1. The van der Waals surface area contributed by atoms with Crippen LogP contribution in [0.1, 0.15) is 21.7 Å². The van der Waals surface area contributed by atoms with E-state index < -0.39 is 0 Å². The first-order valence-corrected chi connectivity index (χ1v) is 6.70. The van der Waals surface area contributed by atoms with E-state index in [-0.39, 0.29) is 11.6 Å². The number of aliphatic hydroxyl groups excluding tert-OH is 1. The van der Waals surface area contributed by atoms with Gasteiger partial charge in [0, 0.05) is 0 Å². The number of hydrogen-bond acceptors (Lipinski definition) is 2. The highest BCUT2D eigenvalue weighted by molar-refractivity contribution is 9.09. The Bertz CT molecular complexity index is 485. The lowest BCUT2D eigenvalue weighted by Crippen LogP contribution is -1.98. The summed E-state index contributed by atoms with van der Waals surface area (Å²) in [5, 5.41) is 8.93. The zero-order valence-corrected chi connectivity index (χ0v) is 11.5. The van der Waals surface area contributed by atoms with Crippen LogP contribution in [0.2, 0.25) is 0 Å². The summed E-state index contributed by atoms with van der Waals surface area (Å²) in [4.78, 5) is 0. The molecule has 0 aliphatic carbocycles. The summed E-state index contributed by atoms with van der Waals surface area (Å²) < 4.78 is 5.75. The van der Waals surface area contributed by atoms with Crippen LogP contribution >= 0.6 is 15.9 Å². The second-order valence-corrected chi connectivity index (χ2v) is 4.85. The minimum absolute atomic E-state index is 0.0479. The number of benzene rings is 2. The first-order chi connectivity index (χ1) is 8.79. The van der Waals surface area contributed by atoms with E-state index >= 15 is 0 Å². The quantitative estimate of drug-likeness (QED) is 0.852. The largest absolute Gasteiger partial charge is 0.392 e. The molecule has 2 nitrogen and oxygen atoms in total. The van der Waals surface area contributed by atoms with Gasteiger partial charge in [0.25, 0.3) is 0 Å². The number of halogens is 1. The van der Waals surface area contributed by atoms with E-state index in [1.54, 1.807) is 0 Å². The Balaban J connectivity index is 1.97. The van der Waals surface area contributed by atoms with Gasteiger partial charge >= 0.3 is 0 Å². The molecule has 0 aromatic heterocycles. The Labute approximate surface area is 115 Å². The van der Waals surface area contributed by atoms with Crippen molar-refractivity contribution >= 4 is 15.9 Å². The molecule has 0 spiro atoms. The Morgan fingerprint density at radius 3 is 2.44 bits per heavy atom. The molecule has 0 aliphatic heterocycles. The molecular formula is C15H15BrO2. The topological polar surface area (TPSA) is 29.5 Å². The van der Waals surface area contributed by atoms with Crippen LogP contribution in [0.3, 0.4) is 0 Å². The third-order valence-electron chi connectivity index (χ3n) is 2.63. The third kappa shape index (κ3) is 3.67. The second kappa shape index (κ2) is 6.69. The maximum Gasteiger partial charge on any atom is 0.137 e. The van der Waals surface area contributed by atoms with Crippen LogP contribution in [0.25, 0.3) is 0 Å². The van der Waals surface area contributed by atoms with E-state index in [1.807, 2.05) is 54.6 Å². The fourth-order valence-electron chi connectivity index (χ4n) is 1.67. The van der Waals surface area contributed by atoms with E-state index in [1.165, 1.54) is 0 Å². The normalized spacial score (nSPS) is 12.3. The number of alkyl halides is 1. The van der Waals surface area contributed by atoms with Gasteiger partial charge in [-0.05, 0) is 16.7 Å². The van der Waals surface area contributed by atoms with Gasteiger partial charge in [-0.15, -0.1) is 0 Å². The van der Waals surface area contributed by atoms with Crippen molar-refractivity contribution < 1.29 is 9.84 Å². The van der Waals surface area contributed by atoms with E-state index in [0.717, 1.165) is 16.7 Å². The summed E-state index contributed by atoms with van der Waals surface area (Å²) in [7, 11) is 0. The molecule has 1 atom stereocenters. The summed E-state index contributed by atoms with van der Waals surface area (Å²) in [6.45, 7) is 0.604. The molecule has 0 heterocycles. The lowest BCUT2D eigenvalue weighted by Gasteiger charge is -2.12. The Hall–Kier alpha value is -1.16. The van der Waals surface area contributed by atoms with Crippen molar-refractivity contribution in [3.05, 3.63) is 71.3 Å². The molecule has 0 bridgehead atoms. The van der Waals surface area contributed by atoms with E-state index in [0.29, 0.717) is 6.61 Å². The molecule has 2 rings (SSSR count). The van der Waals surface area contributed by atoms with Gasteiger partial charge in [0.15, 0.2) is 0 Å². The maximum atomic E-state index is 9.10. The van der Waals surface area contributed by atoms with Crippen LogP contribution in [0.4, 0.5) is 0 Å². The number of ether oxygens (including phenoxy) is 1. The van der Waals surface area contributed by atoms with Gasteiger partial charge in [-0.25, -0.2) is 0 Å². The Morgan fingerprint density at radius 1 is 1.00 bits per heavy atom. The highest BCUT2D eigenvalue weighted by Crippen LogP contribution is 2.26. The standard InChI is InChI=1S/C15H15BrO2/c16-15(14-8-4-7-13(9-14)10-17)18-11-12-5-2-1-3-6-12/h1-9,15,17H,10-11H2. The summed E-state index contributed by atoms with van der Waals surface area (Å²) in [5.74, 6) is 0. The fraction of sp³-hybridized carbons (Fsp3) is 0.200. The molecule has 18 heavy (non-hydrogen) atoms. The van der Waals surface area contributed by atoms with Crippen molar-refractivity contribution in [3.63, 3.8) is 0 Å². The zero-order chi connectivity index (χ0) is 12.8. The molecule has 0 saturated heterocycles. The maximum absolute atomic E-state index is 9.10. The summed E-state index contributed by atoms with van der Waals surface area (Å²) >= 11 is 3.50. The van der Waals surface area contributed by atoms with Crippen molar-refractivity contribution in [1.29, 1.82) is 0 Å². The van der Waals surface area contributed by atoms with Gasteiger partial charge in [-0.2, -0.15) is 0 Å². The second-order valence-electron chi connectivity index (χ2n) is 4.02. The minimum Gasteiger partial charge on any atom is -0.392 e. The van der Waals surface area contributed by atoms with Crippen LogP contribution < -0.4 is 0 Å². The van der Waals surface area contributed by atoms with Crippen LogP contribution in [0.15, 0.2) is 54.6 Å². The number of aliphatic hydroxyl groups is 1. The number of hydrogen-bond donors (Lipinski definition) is 1. The predicted molar refractivity (Wildman–Crippen MR) is 75.3 cm³/mol. The SMILES string of the molecule is OCc1cccc(C(Br)OCc2ccccc2)c1. The van der Waals surface area contributed by atoms with Crippen LogP contribution in [-0.4, -0.2) is 5.11 Å². The van der Waals surface area contributed by atoms with Crippen LogP contribution in [0, 0.1) is 0 Å². The third-order valence-corrected chi connectivity index (χ3v) is 3.43. The van der Waals surface area contributed by atoms with E-state index in [9.17, 15) is 0 Å². The van der Waals surface area contributed by atoms with Crippen LogP contribution in [0.5, 0.6) is 0 Å². The van der Waals surface area contributed by atoms with Gasteiger partial charge in [0.1, 0.15) is 5.01 Å². The van der Waals surface area contributed by atoms with Crippen molar-refractivity contribution in [2.24, 2.45) is 0 Å². The van der Waals surface area contributed by atoms with Gasteiger partial charge in [0.05, 0.1) is 13.2 Å². The van der Waals surface area contributed by atoms with Crippen molar-refractivity contribution in [2.75, 3.05) is 0 Å². The highest BCUT2D eigenvalue weighted by atomic mass is 79.9. The van der Waals surface area contributed by atoms with Gasteiger partial charge in [-0.1, -0.05) is 70.5 Å². The molecule has 1 unspecified atom stereocenters. The zero-order valence-electron chi connectivity index (χ0n) is 9.92. The fourth-order valence-corrected chi connectivity index (χ4v) is 2.09. The molecule has 3 heteroatoms. The predicted octanol–water partition coefficient (Wildman–Crippen LogP) is 3.79. The molecule has 1 N–H and O–H groups in total. The molecule has 0 fully saturated rings. The highest BCUT2D eigenvalue weighted by Gasteiger charge is 2.08. The number of rotatable bonds is 5. The monoisotopic (exact) mass is 306 g/mol. The molecular weight excluding hydrogens is 292 g/mol. The molecule has 0 saturated carbocycles. The molecule has 0 aliphatic rings. The first-order valence-electron chi connectivity index (χ1n) is 5.79. The lowest BCUT2D eigenvalue weighted by molar-refractivity contribution is 0.104. The average Bonchev–Trinajstić information content (AvgIpc) is 2.46. The summed E-state index contributed by atoms with van der Waals surface area (Å²) in [6.07, 6.45) is 0. The molecule has 94 valence electrons. The van der Waals surface area contributed by atoms with Gasteiger partial charge < -0.3 is 9.84 Å². The van der Waals surface area contributed by atoms with Gasteiger partial charge in [-0.3, -0.25) is 0 Å². The molecule has 2 aromatic carbocycles. The molecule has 2 aromatic rings. The van der Waals surface area contributed by atoms with E-state index in [2.05, 4.69) is 15.9 Å². The molecule has 0 amide bonds. The van der Waals surface area contributed by atoms with Gasteiger partial charge in [0.2, 0.25) is 0 Å². The summed E-state index contributed by atoms with van der Waals surface area (Å²) in [6, 6.07) is 17.8. The minimum atomic E-state index is -0.163. The van der Waals surface area contributed by atoms with Crippen molar-refractivity contribution in [3.8, 4) is 0 Å². The average molecular weight is 307 g/mol. The summed E-state index contributed by atoms with van der Waals surface area (Å²) in [5.41, 5.74) is 3.04. The smallest absolute Gasteiger partial charge is 0.137 e. The Kier molecular flexibility index (Phi) is 4.93. The Morgan fingerprint density at radius 2 is 1.72 bits per heavy atom. The van der Waals surface area contributed by atoms with E-state index in [4.69, 9.17) is 9.84 Å².